The van der Waals surface area contributed by atoms with Gasteiger partial charge in [0.05, 0.1) is 13.7 Å². The van der Waals surface area contributed by atoms with Crippen molar-refractivity contribution in [3.8, 4) is 11.5 Å². The number of esters is 1. The molecule has 0 radical (unpaired) electrons. The van der Waals surface area contributed by atoms with Crippen molar-refractivity contribution in [1.82, 2.24) is 0 Å². The van der Waals surface area contributed by atoms with Gasteiger partial charge in [0.1, 0.15) is 6.61 Å². The van der Waals surface area contributed by atoms with Crippen LogP contribution in [0.2, 0.25) is 0 Å². The lowest BCUT2D eigenvalue weighted by atomic mass is 9.96. The molecule has 1 aromatic rings. The number of benzene rings is 1. The molecule has 1 saturated carbocycles. The van der Waals surface area contributed by atoms with Crippen LogP contribution in [0.15, 0.2) is 24.3 Å². The first-order valence-corrected chi connectivity index (χ1v) is 7.33. The third-order valence-corrected chi connectivity index (χ3v) is 3.65. The summed E-state index contributed by atoms with van der Waals surface area (Å²) in [4.78, 5) is 11.9. The molecule has 0 heterocycles. The van der Waals surface area contributed by atoms with Crippen LogP contribution in [0.5, 0.6) is 11.5 Å². The van der Waals surface area contributed by atoms with Crippen molar-refractivity contribution in [2.24, 2.45) is 11.7 Å². The Balaban J connectivity index is 2.05. The van der Waals surface area contributed by atoms with Crippen molar-refractivity contribution in [2.75, 3.05) is 20.3 Å². The standard InChI is InChI=1S/C16H23NO4/c1-3-10-20-13-6-4-5-7-14(13)21-11-16(17,12-8-9-12)15(18)19-2/h4-7,12H,3,8-11,17H2,1-2H3. The highest BCUT2D eigenvalue weighted by molar-refractivity contribution is 5.81. The van der Waals surface area contributed by atoms with Crippen molar-refractivity contribution in [1.29, 1.82) is 0 Å². The number of para-hydroxylation sites is 2. The molecule has 5 heteroatoms. The maximum absolute atomic E-state index is 11.9. The Morgan fingerprint density at radius 1 is 1.29 bits per heavy atom. The van der Waals surface area contributed by atoms with E-state index >= 15 is 0 Å². The van der Waals surface area contributed by atoms with Gasteiger partial charge in [-0.3, -0.25) is 0 Å². The quantitative estimate of drug-likeness (QED) is 0.744. The molecule has 0 saturated heterocycles. The second-order valence-electron chi connectivity index (χ2n) is 5.39. The zero-order chi connectivity index (χ0) is 15.3. The zero-order valence-electron chi connectivity index (χ0n) is 12.6. The minimum atomic E-state index is -1.08. The molecule has 21 heavy (non-hydrogen) atoms. The van der Waals surface area contributed by atoms with E-state index < -0.39 is 11.5 Å². The highest BCUT2D eigenvalue weighted by Gasteiger charge is 2.50. The van der Waals surface area contributed by atoms with Gasteiger partial charge in [0.25, 0.3) is 0 Å². The van der Waals surface area contributed by atoms with E-state index in [0.717, 1.165) is 19.3 Å². The molecule has 0 spiro atoms. The van der Waals surface area contributed by atoms with Crippen LogP contribution in [0.1, 0.15) is 26.2 Å². The average molecular weight is 293 g/mol. The molecule has 1 fully saturated rings. The van der Waals surface area contributed by atoms with Crippen LogP contribution in [-0.2, 0) is 9.53 Å². The van der Waals surface area contributed by atoms with Gasteiger partial charge in [0.15, 0.2) is 17.0 Å². The van der Waals surface area contributed by atoms with Gasteiger partial charge < -0.3 is 19.9 Å². The Morgan fingerprint density at radius 2 is 1.90 bits per heavy atom. The summed E-state index contributed by atoms with van der Waals surface area (Å²) in [5.41, 5.74) is 5.14. The van der Waals surface area contributed by atoms with Crippen LogP contribution in [0.4, 0.5) is 0 Å². The molecule has 0 amide bonds. The first-order chi connectivity index (χ1) is 10.1. The number of nitrogens with two attached hydrogens (primary N) is 1. The molecule has 1 aliphatic carbocycles. The fourth-order valence-corrected chi connectivity index (χ4v) is 2.23. The van der Waals surface area contributed by atoms with Gasteiger partial charge in [-0.25, -0.2) is 4.79 Å². The first kappa shape index (κ1) is 15.6. The topological polar surface area (TPSA) is 70.8 Å². The van der Waals surface area contributed by atoms with Crippen LogP contribution >= 0.6 is 0 Å². The van der Waals surface area contributed by atoms with E-state index in [1.165, 1.54) is 7.11 Å². The molecule has 1 unspecified atom stereocenters. The van der Waals surface area contributed by atoms with E-state index in [-0.39, 0.29) is 12.5 Å². The highest BCUT2D eigenvalue weighted by atomic mass is 16.5. The summed E-state index contributed by atoms with van der Waals surface area (Å²) in [7, 11) is 1.35. The van der Waals surface area contributed by atoms with Crippen LogP contribution in [0.3, 0.4) is 0 Å². The number of carbonyl (C=O) groups is 1. The molecule has 5 nitrogen and oxygen atoms in total. The molecule has 0 aromatic heterocycles. The molecular formula is C16H23NO4. The molecule has 2 N–H and O–H groups in total. The van der Waals surface area contributed by atoms with Crippen molar-refractivity contribution < 1.29 is 19.0 Å². The minimum Gasteiger partial charge on any atom is -0.490 e. The fraction of sp³-hybridized carbons (Fsp3) is 0.562. The van der Waals surface area contributed by atoms with E-state index in [2.05, 4.69) is 0 Å². The average Bonchev–Trinajstić information content (AvgIpc) is 3.35. The third-order valence-electron chi connectivity index (χ3n) is 3.65. The van der Waals surface area contributed by atoms with Crippen LogP contribution < -0.4 is 15.2 Å². The number of ether oxygens (including phenoxy) is 3. The van der Waals surface area contributed by atoms with Crippen LogP contribution in [0, 0.1) is 5.92 Å². The Labute approximate surface area is 125 Å². The Hall–Kier alpha value is -1.75. The van der Waals surface area contributed by atoms with E-state index in [0.29, 0.717) is 18.1 Å². The lowest BCUT2D eigenvalue weighted by Gasteiger charge is -2.26. The summed E-state index contributed by atoms with van der Waals surface area (Å²) in [6, 6.07) is 7.41. The van der Waals surface area contributed by atoms with Crippen LogP contribution in [-0.4, -0.2) is 31.8 Å². The van der Waals surface area contributed by atoms with Crippen molar-refractivity contribution in [2.45, 2.75) is 31.7 Å². The van der Waals surface area contributed by atoms with E-state index in [1.807, 2.05) is 31.2 Å². The number of carbonyl (C=O) groups excluding carboxylic acids is 1. The van der Waals surface area contributed by atoms with Gasteiger partial charge in [-0.2, -0.15) is 0 Å². The summed E-state index contributed by atoms with van der Waals surface area (Å²) < 4.78 is 16.2. The van der Waals surface area contributed by atoms with Gasteiger partial charge in [0.2, 0.25) is 0 Å². The fourth-order valence-electron chi connectivity index (χ4n) is 2.23. The molecule has 0 aliphatic heterocycles. The molecule has 1 aliphatic rings. The SMILES string of the molecule is CCCOc1ccccc1OCC(N)(C(=O)OC)C1CC1. The first-order valence-electron chi connectivity index (χ1n) is 7.33. The van der Waals surface area contributed by atoms with Gasteiger partial charge in [-0.1, -0.05) is 19.1 Å². The second kappa shape index (κ2) is 6.80. The highest BCUT2D eigenvalue weighted by Crippen LogP contribution is 2.39. The normalized spacial score (nSPS) is 16.9. The van der Waals surface area contributed by atoms with Crippen molar-refractivity contribution >= 4 is 5.97 Å². The maximum atomic E-state index is 11.9. The monoisotopic (exact) mass is 293 g/mol. The number of hydrogen-bond donors (Lipinski definition) is 1. The largest absolute Gasteiger partial charge is 0.490 e. The smallest absolute Gasteiger partial charge is 0.329 e. The van der Waals surface area contributed by atoms with Gasteiger partial charge in [-0.05, 0) is 37.3 Å². The predicted molar refractivity (Wildman–Crippen MR) is 79.4 cm³/mol. The minimum absolute atomic E-state index is 0.0941. The third kappa shape index (κ3) is 3.67. The summed E-state index contributed by atoms with van der Waals surface area (Å²) in [5, 5.41) is 0. The van der Waals surface area contributed by atoms with Crippen molar-refractivity contribution in [3.63, 3.8) is 0 Å². The second-order valence-corrected chi connectivity index (χ2v) is 5.39. The summed E-state index contributed by atoms with van der Waals surface area (Å²) >= 11 is 0. The lowest BCUT2D eigenvalue weighted by Crippen LogP contribution is -2.55. The van der Waals surface area contributed by atoms with Gasteiger partial charge in [0, 0.05) is 0 Å². The Kier molecular flexibility index (Phi) is 5.07. The number of rotatable bonds is 8. The molecule has 1 aromatic carbocycles. The van der Waals surface area contributed by atoms with Gasteiger partial charge >= 0.3 is 5.97 Å². The van der Waals surface area contributed by atoms with E-state index in [9.17, 15) is 4.79 Å². The maximum Gasteiger partial charge on any atom is 0.329 e. The summed E-state index contributed by atoms with van der Waals surface area (Å²) in [6.45, 7) is 2.75. The Morgan fingerprint density at radius 3 is 2.43 bits per heavy atom. The molecule has 1 atom stereocenters. The zero-order valence-corrected chi connectivity index (χ0v) is 12.6. The molecular weight excluding hydrogens is 270 g/mol. The lowest BCUT2D eigenvalue weighted by molar-refractivity contribution is -0.149. The predicted octanol–water partition coefficient (Wildman–Crippen LogP) is 2.13. The van der Waals surface area contributed by atoms with Gasteiger partial charge in [-0.15, -0.1) is 0 Å². The molecule has 2 rings (SSSR count). The molecule has 0 bridgehead atoms. The van der Waals surface area contributed by atoms with E-state index in [1.54, 1.807) is 0 Å². The van der Waals surface area contributed by atoms with Crippen molar-refractivity contribution in [3.05, 3.63) is 24.3 Å². The van der Waals surface area contributed by atoms with Crippen LogP contribution in [0.25, 0.3) is 0 Å². The summed E-state index contributed by atoms with van der Waals surface area (Å²) in [5.74, 6) is 0.985. The summed E-state index contributed by atoms with van der Waals surface area (Å²) in [6.07, 6.45) is 2.78. The number of methoxy groups -OCH3 is 1. The van der Waals surface area contributed by atoms with E-state index in [4.69, 9.17) is 19.9 Å². The molecule has 116 valence electrons. The number of hydrogen-bond acceptors (Lipinski definition) is 5. The Bertz CT molecular complexity index is 487.